The van der Waals surface area contributed by atoms with E-state index in [1.54, 1.807) is 38.5 Å². The van der Waals surface area contributed by atoms with Gasteiger partial charge in [-0.25, -0.2) is 9.13 Å². The van der Waals surface area contributed by atoms with Crippen LogP contribution >= 0.6 is 0 Å². The van der Waals surface area contributed by atoms with E-state index in [2.05, 4.69) is 27.9 Å². The summed E-state index contributed by atoms with van der Waals surface area (Å²) in [5, 5.41) is 0. The minimum Gasteiger partial charge on any atom is -1.00 e. The Morgan fingerprint density at radius 2 is 1.04 bits per heavy atom. The molecule has 8 fully saturated rings. The van der Waals surface area contributed by atoms with Crippen LogP contribution in [-0.4, -0.2) is 4.57 Å². The molecule has 0 saturated heterocycles. The molecule has 2 nitrogen and oxygen atoms in total. The fourth-order valence-electron chi connectivity index (χ4n) is 9.68. The van der Waals surface area contributed by atoms with Crippen molar-refractivity contribution in [3.05, 3.63) is 18.7 Å². The van der Waals surface area contributed by atoms with E-state index in [1.807, 2.05) is 0 Å². The molecule has 0 amide bonds. The topological polar surface area (TPSA) is 8.81 Å². The zero-order chi connectivity index (χ0) is 16.2. The second-order valence-electron chi connectivity index (χ2n) is 11.5. The maximum Gasteiger partial charge on any atom is 1.00 e. The molecule has 1 aromatic rings. The molecule has 8 bridgehead atoms. The quantitative estimate of drug-likeness (QED) is 0.372. The Morgan fingerprint density at radius 3 is 1.46 bits per heavy atom. The van der Waals surface area contributed by atoms with E-state index in [1.165, 1.54) is 38.5 Å². The average molecular weight is 472 g/mol. The average Bonchev–Trinajstić information content (AvgIpc) is 3.04. The van der Waals surface area contributed by atoms with Crippen molar-refractivity contribution < 1.29 is 46.4 Å². The first-order chi connectivity index (χ1) is 12.2. The smallest absolute Gasteiger partial charge is 1.00 e. The SMILES string of the molecule is [Cl-].[Cl-].[Cu+].c1c[n+](C23CC4CC(CC(C4)C2)C3)cn1C12CC3CC(CC(C3)C1)C2. The van der Waals surface area contributed by atoms with E-state index in [-0.39, 0.29) is 41.9 Å². The molecule has 8 saturated carbocycles. The van der Waals surface area contributed by atoms with Gasteiger partial charge in [-0.15, -0.1) is 0 Å². The molecule has 1 aromatic heterocycles. The minimum absolute atomic E-state index is 0. The number of imidazole rings is 1. The van der Waals surface area contributed by atoms with E-state index in [0.29, 0.717) is 11.1 Å². The second kappa shape index (κ2) is 7.18. The second-order valence-corrected chi connectivity index (χ2v) is 11.5. The normalized spacial score (nSPS) is 49.3. The molecule has 8 aliphatic rings. The molecule has 5 heteroatoms. The molecule has 0 N–H and O–H groups in total. The molecular formula is C23H33Cl2CuN2. The third-order valence-electron chi connectivity index (χ3n) is 9.74. The molecule has 0 radical (unpaired) electrons. The first-order valence-corrected chi connectivity index (χ1v) is 11.3. The van der Waals surface area contributed by atoms with Crippen LogP contribution in [0.25, 0.3) is 0 Å². The Kier molecular flexibility index (Phi) is 5.52. The van der Waals surface area contributed by atoms with Crippen LogP contribution in [0.1, 0.15) is 77.0 Å². The van der Waals surface area contributed by atoms with Gasteiger partial charge in [0.2, 0.25) is 6.33 Å². The van der Waals surface area contributed by atoms with Crippen LogP contribution < -0.4 is 29.4 Å². The van der Waals surface area contributed by atoms with Crippen molar-refractivity contribution in [1.29, 1.82) is 0 Å². The molecular weight excluding hydrogens is 439 g/mol. The van der Waals surface area contributed by atoms with Crippen molar-refractivity contribution in [2.75, 3.05) is 0 Å². The largest absolute Gasteiger partial charge is 1.00 e. The molecule has 0 atom stereocenters. The van der Waals surface area contributed by atoms with E-state index >= 15 is 0 Å². The Hall–Kier alpha value is 0.309. The maximum absolute atomic E-state index is 2.73. The number of halogens is 2. The van der Waals surface area contributed by atoms with Crippen LogP contribution in [0.3, 0.4) is 0 Å². The molecule has 9 rings (SSSR count). The predicted octanol–water partition coefficient (Wildman–Crippen LogP) is -1.37. The van der Waals surface area contributed by atoms with Crippen LogP contribution in [0.5, 0.6) is 0 Å². The van der Waals surface area contributed by atoms with Gasteiger partial charge in [-0.05, 0) is 113 Å². The van der Waals surface area contributed by atoms with Crippen molar-refractivity contribution >= 4 is 0 Å². The Labute approximate surface area is 192 Å². The number of aromatic nitrogens is 2. The predicted molar refractivity (Wildman–Crippen MR) is 96.9 cm³/mol. The Bertz CT molecular complexity index is 601. The molecule has 0 unspecified atom stereocenters. The van der Waals surface area contributed by atoms with Gasteiger partial charge >= 0.3 is 17.1 Å². The van der Waals surface area contributed by atoms with Crippen molar-refractivity contribution in [3.8, 4) is 0 Å². The van der Waals surface area contributed by atoms with Crippen molar-refractivity contribution in [2.45, 2.75) is 88.1 Å². The van der Waals surface area contributed by atoms with Gasteiger partial charge in [-0.3, -0.25) is 0 Å². The third-order valence-corrected chi connectivity index (χ3v) is 9.74. The maximum atomic E-state index is 2.73. The van der Waals surface area contributed by atoms with E-state index < -0.39 is 0 Å². The van der Waals surface area contributed by atoms with Crippen LogP contribution in [0.15, 0.2) is 18.7 Å². The van der Waals surface area contributed by atoms with Crippen LogP contribution in [0, 0.1) is 35.5 Å². The summed E-state index contributed by atoms with van der Waals surface area (Å²) < 4.78 is 5.46. The summed E-state index contributed by atoms with van der Waals surface area (Å²) in [6.45, 7) is 0. The molecule has 0 aromatic carbocycles. The zero-order valence-electron chi connectivity index (χ0n) is 16.6. The van der Waals surface area contributed by atoms with Crippen molar-refractivity contribution in [3.63, 3.8) is 0 Å². The summed E-state index contributed by atoms with van der Waals surface area (Å²) in [6.07, 6.45) is 25.8. The van der Waals surface area contributed by atoms with Gasteiger partial charge in [-0.1, -0.05) is 0 Å². The van der Waals surface area contributed by atoms with Crippen LogP contribution in [0.2, 0.25) is 0 Å². The molecule has 1 heterocycles. The first-order valence-electron chi connectivity index (χ1n) is 11.3. The van der Waals surface area contributed by atoms with Gasteiger partial charge in [-0.2, -0.15) is 0 Å². The third kappa shape index (κ3) is 2.97. The number of hydrogen-bond donors (Lipinski definition) is 0. The van der Waals surface area contributed by atoms with Crippen LogP contribution in [0.4, 0.5) is 0 Å². The summed E-state index contributed by atoms with van der Waals surface area (Å²) in [4.78, 5) is 0. The van der Waals surface area contributed by atoms with Gasteiger partial charge in [0.05, 0.1) is 0 Å². The van der Waals surface area contributed by atoms with Gasteiger partial charge in [0.1, 0.15) is 23.5 Å². The number of hydrogen-bond acceptors (Lipinski definition) is 0. The minimum atomic E-state index is 0. The monoisotopic (exact) mass is 470 g/mol. The van der Waals surface area contributed by atoms with Crippen molar-refractivity contribution in [2.24, 2.45) is 35.5 Å². The molecule has 8 aliphatic carbocycles. The summed E-state index contributed by atoms with van der Waals surface area (Å²) in [5.74, 6) is 6.26. The van der Waals surface area contributed by atoms with E-state index in [9.17, 15) is 0 Å². The summed E-state index contributed by atoms with van der Waals surface area (Å²) in [7, 11) is 0. The molecule has 0 aliphatic heterocycles. The molecule has 0 spiro atoms. The zero-order valence-corrected chi connectivity index (χ0v) is 19.1. The Morgan fingerprint density at radius 1 is 0.643 bits per heavy atom. The van der Waals surface area contributed by atoms with Gasteiger partial charge < -0.3 is 24.8 Å². The Balaban J connectivity index is 0.000000641. The molecule has 28 heavy (non-hydrogen) atoms. The van der Waals surface area contributed by atoms with Gasteiger partial charge in [0.25, 0.3) is 0 Å². The fraction of sp³-hybridized carbons (Fsp3) is 0.870. The van der Waals surface area contributed by atoms with E-state index in [0.717, 1.165) is 35.5 Å². The summed E-state index contributed by atoms with van der Waals surface area (Å²) in [5.41, 5.74) is 1.00. The van der Waals surface area contributed by atoms with E-state index in [4.69, 9.17) is 0 Å². The van der Waals surface area contributed by atoms with Crippen LogP contribution in [-0.2, 0) is 28.1 Å². The first kappa shape index (κ1) is 21.5. The summed E-state index contributed by atoms with van der Waals surface area (Å²) in [6, 6.07) is 0. The number of nitrogens with zero attached hydrogens (tertiary/aromatic N) is 2. The molecule has 160 valence electrons. The van der Waals surface area contributed by atoms with Gasteiger partial charge in [0.15, 0.2) is 0 Å². The number of rotatable bonds is 2. The summed E-state index contributed by atoms with van der Waals surface area (Å²) >= 11 is 0. The standard InChI is InChI=1S/C23H33N2.2ClH.Cu/c1-2-25(23-12-19-6-20(13-23)8-21(7-19)14-23)15-24(1)22-9-16-3-17(10-22)5-18(4-16)11-22;;;/h1-2,15-21H,3-14H2;2*1H;/q+1;;;+1/p-2. The van der Waals surface area contributed by atoms with Gasteiger partial charge in [0, 0.05) is 0 Å². The van der Waals surface area contributed by atoms with Crippen molar-refractivity contribution in [1.82, 2.24) is 4.57 Å². The fourth-order valence-corrected chi connectivity index (χ4v) is 9.68.